The number of nitrogens with zero attached hydrogens (tertiary/aromatic N) is 3. The summed E-state index contributed by atoms with van der Waals surface area (Å²) in [5, 5.41) is 0. The lowest BCUT2D eigenvalue weighted by atomic mass is 10.2. The van der Waals surface area contributed by atoms with Gasteiger partial charge in [0.1, 0.15) is 10.6 Å². The number of fused-ring (bicyclic) bond motifs is 4. The van der Waals surface area contributed by atoms with Crippen LogP contribution in [0.15, 0.2) is 29.1 Å². The van der Waals surface area contributed by atoms with Gasteiger partial charge in [-0.3, -0.25) is 14.4 Å². The number of hydrogen-bond acceptors (Lipinski definition) is 5. The summed E-state index contributed by atoms with van der Waals surface area (Å²) in [7, 11) is 0. The van der Waals surface area contributed by atoms with E-state index in [1.54, 1.807) is 12.1 Å². The Balaban J connectivity index is 1.73. The van der Waals surface area contributed by atoms with E-state index in [2.05, 4.69) is 4.98 Å². The quantitative estimate of drug-likeness (QED) is 0.631. The summed E-state index contributed by atoms with van der Waals surface area (Å²) >= 11 is 1.12. The van der Waals surface area contributed by atoms with E-state index >= 15 is 0 Å². The molecule has 0 N–H and O–H groups in total. The van der Waals surface area contributed by atoms with Gasteiger partial charge in [-0.2, -0.15) is 0 Å². The van der Waals surface area contributed by atoms with Crippen LogP contribution in [0, 0.1) is 6.92 Å². The van der Waals surface area contributed by atoms with Gasteiger partial charge < -0.3 is 0 Å². The van der Waals surface area contributed by atoms with Gasteiger partial charge in [0.2, 0.25) is 0 Å². The standard InChI is InChI=1S/C18H13N3O3S/c1-9-5-7-10(8-6-9)20-16(23)13-14(17(20)24)25-18-19-12-4-2-3-11(12)15(22)21(13)18/h5-8H,2-4H2,1H3. The first-order valence-electron chi connectivity index (χ1n) is 8.09. The van der Waals surface area contributed by atoms with E-state index in [1.165, 1.54) is 4.40 Å². The summed E-state index contributed by atoms with van der Waals surface area (Å²) in [4.78, 5) is 44.9. The number of aryl methyl sites for hydroxylation is 2. The molecule has 25 heavy (non-hydrogen) atoms. The van der Waals surface area contributed by atoms with Crippen molar-refractivity contribution in [1.29, 1.82) is 0 Å². The van der Waals surface area contributed by atoms with Crippen molar-refractivity contribution in [3.63, 3.8) is 0 Å². The highest BCUT2D eigenvalue weighted by atomic mass is 32.1. The first-order valence-corrected chi connectivity index (χ1v) is 8.90. The third kappa shape index (κ3) is 1.84. The molecule has 1 aliphatic heterocycles. The van der Waals surface area contributed by atoms with Crippen molar-refractivity contribution in [2.24, 2.45) is 0 Å². The number of carbonyl (C=O) groups is 2. The van der Waals surface area contributed by atoms with Crippen LogP contribution in [0.3, 0.4) is 0 Å². The minimum absolute atomic E-state index is 0.151. The maximum absolute atomic E-state index is 12.9. The molecule has 7 heteroatoms. The minimum atomic E-state index is -0.461. The van der Waals surface area contributed by atoms with Crippen molar-refractivity contribution in [1.82, 2.24) is 9.38 Å². The van der Waals surface area contributed by atoms with Gasteiger partial charge in [-0.25, -0.2) is 14.3 Å². The molecule has 0 atom stereocenters. The molecule has 0 unspecified atom stereocenters. The van der Waals surface area contributed by atoms with E-state index < -0.39 is 5.91 Å². The van der Waals surface area contributed by atoms with E-state index in [-0.39, 0.29) is 17.2 Å². The first kappa shape index (κ1) is 14.5. The van der Waals surface area contributed by atoms with E-state index in [9.17, 15) is 14.4 Å². The number of benzene rings is 1. The second-order valence-corrected chi connectivity index (χ2v) is 7.35. The number of carbonyl (C=O) groups excluding carboxylic acids is 2. The normalized spacial score (nSPS) is 16.0. The molecule has 2 aromatic heterocycles. The van der Waals surface area contributed by atoms with Crippen molar-refractivity contribution in [3.05, 3.63) is 62.0 Å². The molecule has 5 rings (SSSR count). The van der Waals surface area contributed by atoms with Crippen LogP contribution in [0.2, 0.25) is 0 Å². The Morgan fingerprint density at radius 2 is 1.80 bits per heavy atom. The third-order valence-electron chi connectivity index (χ3n) is 4.80. The van der Waals surface area contributed by atoms with Gasteiger partial charge in [0.05, 0.1) is 11.4 Å². The lowest BCUT2D eigenvalue weighted by molar-refractivity contribution is 0.0925. The molecule has 124 valence electrons. The van der Waals surface area contributed by atoms with Crippen LogP contribution in [-0.2, 0) is 12.8 Å². The van der Waals surface area contributed by atoms with Crippen LogP contribution in [0.1, 0.15) is 43.4 Å². The monoisotopic (exact) mass is 351 g/mol. The summed E-state index contributed by atoms with van der Waals surface area (Å²) < 4.78 is 1.33. The largest absolute Gasteiger partial charge is 0.284 e. The molecule has 1 aromatic carbocycles. The molecule has 0 saturated carbocycles. The van der Waals surface area contributed by atoms with Gasteiger partial charge in [-0.05, 0) is 38.3 Å². The molecule has 0 fully saturated rings. The minimum Gasteiger partial charge on any atom is -0.269 e. The summed E-state index contributed by atoms with van der Waals surface area (Å²) in [6.45, 7) is 1.94. The zero-order chi connectivity index (χ0) is 17.3. The second-order valence-electron chi connectivity index (χ2n) is 6.37. The summed E-state index contributed by atoms with van der Waals surface area (Å²) in [6, 6.07) is 7.17. The molecule has 6 nitrogen and oxygen atoms in total. The van der Waals surface area contributed by atoms with Gasteiger partial charge in [-0.15, -0.1) is 0 Å². The molecule has 0 bridgehead atoms. The number of amides is 2. The number of hydrogen-bond donors (Lipinski definition) is 0. The maximum atomic E-state index is 12.9. The van der Waals surface area contributed by atoms with Crippen molar-refractivity contribution >= 4 is 33.8 Å². The van der Waals surface area contributed by atoms with Gasteiger partial charge in [0.25, 0.3) is 17.4 Å². The second kappa shape index (κ2) is 4.86. The lowest BCUT2D eigenvalue weighted by Gasteiger charge is -2.14. The number of thiazole rings is 1. The highest BCUT2D eigenvalue weighted by Crippen LogP contribution is 2.34. The summed E-state index contributed by atoms with van der Waals surface area (Å²) in [5.74, 6) is -0.851. The smallest absolute Gasteiger partial charge is 0.269 e. The predicted molar refractivity (Wildman–Crippen MR) is 93.7 cm³/mol. The molecule has 2 amide bonds. The molecule has 2 aliphatic rings. The van der Waals surface area contributed by atoms with Crippen LogP contribution in [-0.4, -0.2) is 21.2 Å². The van der Waals surface area contributed by atoms with Crippen LogP contribution in [0.25, 0.3) is 4.96 Å². The highest BCUT2D eigenvalue weighted by molar-refractivity contribution is 7.19. The fourth-order valence-corrected chi connectivity index (χ4v) is 4.60. The predicted octanol–water partition coefficient (Wildman–Crippen LogP) is 2.35. The Hall–Kier alpha value is -2.80. The van der Waals surface area contributed by atoms with Gasteiger partial charge in [0, 0.05) is 5.56 Å². The molecular weight excluding hydrogens is 338 g/mol. The maximum Gasteiger partial charge on any atom is 0.284 e. The van der Waals surface area contributed by atoms with Crippen LogP contribution >= 0.6 is 11.3 Å². The van der Waals surface area contributed by atoms with Gasteiger partial charge >= 0.3 is 0 Å². The number of imide groups is 1. The zero-order valence-corrected chi connectivity index (χ0v) is 14.2. The Morgan fingerprint density at radius 3 is 2.56 bits per heavy atom. The SMILES string of the molecule is Cc1ccc(N2C(=O)c3sc4nc5c(c(=O)n4c3C2=O)CCC5)cc1. The Bertz CT molecular complexity index is 1140. The lowest BCUT2D eigenvalue weighted by Crippen LogP contribution is -2.31. The van der Waals surface area contributed by atoms with E-state index in [0.717, 1.165) is 40.3 Å². The summed E-state index contributed by atoms with van der Waals surface area (Å²) in [5.41, 5.74) is 2.98. The van der Waals surface area contributed by atoms with Crippen molar-refractivity contribution in [3.8, 4) is 0 Å². The van der Waals surface area contributed by atoms with Crippen LogP contribution in [0.5, 0.6) is 0 Å². The summed E-state index contributed by atoms with van der Waals surface area (Å²) in [6.07, 6.45) is 2.36. The average molecular weight is 351 g/mol. The van der Waals surface area contributed by atoms with Gasteiger partial charge in [0.15, 0.2) is 4.96 Å². The fraction of sp³-hybridized carbons (Fsp3) is 0.222. The number of anilines is 1. The Kier molecular flexibility index (Phi) is 2.82. The van der Waals surface area contributed by atoms with E-state index in [4.69, 9.17) is 0 Å². The topological polar surface area (TPSA) is 71.8 Å². The van der Waals surface area contributed by atoms with Crippen LogP contribution < -0.4 is 10.5 Å². The molecule has 0 spiro atoms. The van der Waals surface area contributed by atoms with E-state index in [1.807, 2.05) is 19.1 Å². The first-order chi connectivity index (χ1) is 12.1. The third-order valence-corrected chi connectivity index (χ3v) is 5.83. The van der Waals surface area contributed by atoms with Gasteiger partial charge in [-0.1, -0.05) is 29.0 Å². The number of rotatable bonds is 1. The fourth-order valence-electron chi connectivity index (χ4n) is 3.54. The molecule has 0 radical (unpaired) electrons. The molecule has 0 saturated heterocycles. The average Bonchev–Trinajstić information content (AvgIpc) is 3.26. The van der Waals surface area contributed by atoms with E-state index in [0.29, 0.717) is 27.5 Å². The van der Waals surface area contributed by atoms with Crippen molar-refractivity contribution < 1.29 is 9.59 Å². The molecule has 1 aliphatic carbocycles. The van der Waals surface area contributed by atoms with Crippen molar-refractivity contribution in [2.75, 3.05) is 4.90 Å². The number of aromatic nitrogens is 2. The Morgan fingerprint density at radius 1 is 1.04 bits per heavy atom. The molecule has 3 aromatic rings. The van der Waals surface area contributed by atoms with Crippen molar-refractivity contribution in [2.45, 2.75) is 26.2 Å². The zero-order valence-electron chi connectivity index (χ0n) is 13.4. The molecule has 3 heterocycles. The Labute approximate surface area is 146 Å². The highest BCUT2D eigenvalue weighted by Gasteiger charge is 2.42. The molecular formula is C18H13N3O3S. The van der Waals surface area contributed by atoms with Crippen LogP contribution in [0.4, 0.5) is 5.69 Å².